The van der Waals surface area contributed by atoms with Gasteiger partial charge in [0.2, 0.25) is 0 Å². The molecule has 1 aliphatic rings. The van der Waals surface area contributed by atoms with E-state index in [1.807, 2.05) is 46.7 Å². The minimum Gasteiger partial charge on any atom is -0.322 e. The van der Waals surface area contributed by atoms with E-state index in [0.717, 1.165) is 17.1 Å². The van der Waals surface area contributed by atoms with Crippen molar-refractivity contribution in [3.8, 4) is 0 Å². The summed E-state index contributed by atoms with van der Waals surface area (Å²) in [6, 6.07) is 18.0. The van der Waals surface area contributed by atoms with Crippen molar-refractivity contribution in [2.75, 3.05) is 11.4 Å². The smallest absolute Gasteiger partial charge is 0.277 e. The molecule has 2 heterocycles. The summed E-state index contributed by atoms with van der Waals surface area (Å²) < 4.78 is 0. The highest BCUT2D eigenvalue weighted by Crippen LogP contribution is 2.29. The van der Waals surface area contributed by atoms with E-state index in [9.17, 15) is 4.79 Å². The minimum absolute atomic E-state index is 0.0423. The van der Waals surface area contributed by atoms with Crippen molar-refractivity contribution in [2.24, 2.45) is 5.73 Å². The maximum absolute atomic E-state index is 12.8. The first kappa shape index (κ1) is 16.0. The van der Waals surface area contributed by atoms with Crippen molar-refractivity contribution in [3.05, 3.63) is 81.8 Å². The Morgan fingerprint density at radius 3 is 2.76 bits per heavy atom. The van der Waals surface area contributed by atoms with Gasteiger partial charge in [0.1, 0.15) is 10.7 Å². The fraction of sp³-hybridized carbons (Fsp3) is 0.200. The molecule has 0 fully saturated rings. The Balaban J connectivity index is 1.50. The predicted octanol–water partition coefficient (Wildman–Crippen LogP) is 3.59. The molecule has 0 saturated carbocycles. The molecule has 2 aromatic carbocycles. The van der Waals surface area contributed by atoms with Crippen LogP contribution in [0.15, 0.2) is 60.0 Å². The number of aromatic nitrogens is 1. The van der Waals surface area contributed by atoms with Crippen molar-refractivity contribution in [1.82, 2.24) is 4.98 Å². The molecule has 126 valence electrons. The first-order valence-electron chi connectivity index (χ1n) is 8.37. The number of nitrogens with two attached hydrogens (primary N) is 1. The number of benzene rings is 2. The Kier molecular flexibility index (Phi) is 4.34. The average Bonchev–Trinajstić information content (AvgIpc) is 3.29. The van der Waals surface area contributed by atoms with Gasteiger partial charge in [-0.25, -0.2) is 4.98 Å². The highest BCUT2D eigenvalue weighted by molar-refractivity contribution is 7.09. The van der Waals surface area contributed by atoms with Gasteiger partial charge in [0.05, 0.1) is 6.04 Å². The first-order chi connectivity index (χ1) is 12.2. The van der Waals surface area contributed by atoms with Gasteiger partial charge in [-0.3, -0.25) is 4.79 Å². The number of fused-ring (bicyclic) bond motifs is 1. The average molecular weight is 349 g/mol. The van der Waals surface area contributed by atoms with Crippen LogP contribution in [-0.2, 0) is 12.8 Å². The van der Waals surface area contributed by atoms with Gasteiger partial charge < -0.3 is 10.6 Å². The molecule has 0 spiro atoms. The van der Waals surface area contributed by atoms with Gasteiger partial charge in [-0.1, -0.05) is 48.5 Å². The molecule has 3 aromatic rings. The standard InChI is InChI=1S/C20H19N3OS/c21-16(12-14-6-2-1-3-7-14)19-22-17(13-25-19)20(24)23-11-10-15-8-4-5-9-18(15)23/h1-9,13,16H,10-12,21H2. The third-order valence-electron chi connectivity index (χ3n) is 4.49. The van der Waals surface area contributed by atoms with Crippen LogP contribution in [0.5, 0.6) is 0 Å². The lowest BCUT2D eigenvalue weighted by Gasteiger charge is -2.15. The Morgan fingerprint density at radius 2 is 1.92 bits per heavy atom. The van der Waals surface area contributed by atoms with E-state index >= 15 is 0 Å². The van der Waals surface area contributed by atoms with Gasteiger partial charge in [-0.05, 0) is 30.0 Å². The number of carbonyl (C=O) groups excluding carboxylic acids is 1. The summed E-state index contributed by atoms with van der Waals surface area (Å²) >= 11 is 1.46. The van der Waals surface area contributed by atoms with E-state index in [4.69, 9.17) is 5.73 Å². The monoisotopic (exact) mass is 349 g/mol. The summed E-state index contributed by atoms with van der Waals surface area (Å²) in [7, 11) is 0. The summed E-state index contributed by atoms with van der Waals surface area (Å²) in [4.78, 5) is 19.2. The molecule has 1 aromatic heterocycles. The number of para-hydroxylation sites is 1. The van der Waals surface area contributed by atoms with Gasteiger partial charge >= 0.3 is 0 Å². The molecular weight excluding hydrogens is 330 g/mol. The molecule has 0 bridgehead atoms. The van der Waals surface area contributed by atoms with Gasteiger partial charge in [0.15, 0.2) is 0 Å². The number of carbonyl (C=O) groups is 1. The molecule has 25 heavy (non-hydrogen) atoms. The third-order valence-corrected chi connectivity index (χ3v) is 5.47. The molecule has 1 unspecified atom stereocenters. The van der Waals surface area contributed by atoms with Gasteiger partial charge in [0, 0.05) is 17.6 Å². The van der Waals surface area contributed by atoms with Crippen molar-refractivity contribution in [2.45, 2.75) is 18.9 Å². The number of anilines is 1. The number of hydrogen-bond donors (Lipinski definition) is 1. The van der Waals surface area contributed by atoms with Crippen LogP contribution in [0.1, 0.15) is 32.7 Å². The summed E-state index contributed by atoms with van der Waals surface area (Å²) in [5, 5.41) is 2.63. The maximum Gasteiger partial charge on any atom is 0.277 e. The van der Waals surface area contributed by atoms with Gasteiger partial charge in [0.25, 0.3) is 5.91 Å². The molecule has 1 amide bonds. The van der Waals surface area contributed by atoms with E-state index < -0.39 is 0 Å². The molecule has 2 N–H and O–H groups in total. The maximum atomic E-state index is 12.8. The summed E-state index contributed by atoms with van der Waals surface area (Å²) in [5.74, 6) is -0.0423. The Morgan fingerprint density at radius 1 is 1.16 bits per heavy atom. The van der Waals surface area contributed by atoms with Crippen LogP contribution < -0.4 is 10.6 Å². The summed E-state index contributed by atoms with van der Waals surface area (Å²) in [6.07, 6.45) is 1.61. The normalized spacial score (nSPS) is 14.4. The van der Waals surface area contributed by atoms with Crippen molar-refractivity contribution in [3.63, 3.8) is 0 Å². The number of hydrogen-bond acceptors (Lipinski definition) is 4. The Bertz CT molecular complexity index is 891. The molecule has 1 atom stereocenters. The van der Waals surface area contributed by atoms with E-state index in [2.05, 4.69) is 23.2 Å². The number of rotatable bonds is 4. The number of amides is 1. The Labute approximate surface area is 150 Å². The zero-order valence-electron chi connectivity index (χ0n) is 13.8. The number of nitrogens with zero attached hydrogens (tertiary/aromatic N) is 2. The predicted molar refractivity (Wildman–Crippen MR) is 101 cm³/mol. The van der Waals surface area contributed by atoms with Crippen LogP contribution in [-0.4, -0.2) is 17.4 Å². The quantitative estimate of drug-likeness (QED) is 0.783. The topological polar surface area (TPSA) is 59.2 Å². The molecule has 5 heteroatoms. The summed E-state index contributed by atoms with van der Waals surface area (Å²) in [5.41, 5.74) is 10.2. The fourth-order valence-corrected chi connectivity index (χ4v) is 3.99. The minimum atomic E-state index is -0.195. The molecule has 0 aliphatic carbocycles. The van der Waals surface area contributed by atoms with Crippen LogP contribution >= 0.6 is 11.3 Å². The molecule has 0 radical (unpaired) electrons. The molecule has 0 saturated heterocycles. The van der Waals surface area contributed by atoms with Crippen molar-refractivity contribution >= 4 is 22.9 Å². The SMILES string of the molecule is NC(Cc1ccccc1)c1nc(C(=O)N2CCc3ccccc32)cs1. The highest BCUT2D eigenvalue weighted by atomic mass is 32.1. The first-order valence-corrected chi connectivity index (χ1v) is 9.25. The lowest BCUT2D eigenvalue weighted by Crippen LogP contribution is -2.29. The summed E-state index contributed by atoms with van der Waals surface area (Å²) in [6.45, 7) is 0.709. The third kappa shape index (κ3) is 3.21. The van der Waals surface area contributed by atoms with Crippen LogP contribution in [0.4, 0.5) is 5.69 Å². The van der Waals surface area contributed by atoms with E-state index in [1.54, 1.807) is 0 Å². The molecule has 1 aliphatic heterocycles. The van der Waals surface area contributed by atoms with Crippen LogP contribution in [0.2, 0.25) is 0 Å². The van der Waals surface area contributed by atoms with Gasteiger partial charge in [-0.2, -0.15) is 0 Å². The highest BCUT2D eigenvalue weighted by Gasteiger charge is 2.27. The van der Waals surface area contributed by atoms with E-state index in [1.165, 1.54) is 22.5 Å². The van der Waals surface area contributed by atoms with Crippen LogP contribution in [0, 0.1) is 0 Å². The molecule has 4 nitrogen and oxygen atoms in total. The fourth-order valence-electron chi connectivity index (χ4n) is 3.20. The number of thiazole rings is 1. The second-order valence-electron chi connectivity index (χ2n) is 6.20. The largest absolute Gasteiger partial charge is 0.322 e. The lowest BCUT2D eigenvalue weighted by atomic mass is 10.1. The van der Waals surface area contributed by atoms with Gasteiger partial charge in [-0.15, -0.1) is 11.3 Å². The van der Waals surface area contributed by atoms with E-state index in [0.29, 0.717) is 18.7 Å². The second-order valence-corrected chi connectivity index (χ2v) is 7.09. The second kappa shape index (κ2) is 6.78. The van der Waals surface area contributed by atoms with Crippen LogP contribution in [0.3, 0.4) is 0 Å². The molecular formula is C20H19N3OS. The Hall–Kier alpha value is -2.50. The van der Waals surface area contributed by atoms with Crippen LogP contribution in [0.25, 0.3) is 0 Å². The van der Waals surface area contributed by atoms with Crippen molar-refractivity contribution < 1.29 is 4.79 Å². The lowest BCUT2D eigenvalue weighted by molar-refractivity contribution is 0.0985. The molecule has 4 rings (SSSR count). The zero-order chi connectivity index (χ0) is 17.2. The van der Waals surface area contributed by atoms with Crippen molar-refractivity contribution in [1.29, 1.82) is 0 Å². The zero-order valence-corrected chi connectivity index (χ0v) is 14.6. The van der Waals surface area contributed by atoms with E-state index in [-0.39, 0.29) is 11.9 Å².